The molecule has 0 saturated heterocycles. The van der Waals surface area contributed by atoms with Crippen molar-refractivity contribution in [3.63, 3.8) is 0 Å². The summed E-state index contributed by atoms with van der Waals surface area (Å²) in [4.78, 5) is 13.6. The molecule has 1 N–H and O–H groups in total. The molecule has 0 heterocycles. The number of aliphatic hydroxyl groups excluding tert-OH is 1. The summed E-state index contributed by atoms with van der Waals surface area (Å²) in [6, 6.07) is 7.08. The number of carbonyl (C=O) groups is 1. The van der Waals surface area contributed by atoms with Crippen LogP contribution in [0.15, 0.2) is 24.3 Å². The third-order valence-electron chi connectivity index (χ3n) is 2.34. The molecule has 0 aromatic heterocycles. The zero-order valence-electron chi connectivity index (χ0n) is 11.4. The maximum atomic E-state index is 12.1. The minimum Gasteiger partial charge on any atom is -0.491 e. The molecule has 18 heavy (non-hydrogen) atoms. The Bertz CT molecular complexity index is 402. The van der Waals surface area contributed by atoms with Crippen molar-refractivity contribution >= 4 is 5.91 Å². The van der Waals surface area contributed by atoms with Gasteiger partial charge < -0.3 is 14.7 Å². The van der Waals surface area contributed by atoms with E-state index in [2.05, 4.69) is 0 Å². The van der Waals surface area contributed by atoms with E-state index in [9.17, 15) is 9.90 Å². The first kappa shape index (κ1) is 14.5. The van der Waals surface area contributed by atoms with E-state index in [1.54, 1.807) is 32.2 Å². The van der Waals surface area contributed by atoms with Crippen LogP contribution >= 0.6 is 0 Å². The fourth-order valence-corrected chi connectivity index (χ4v) is 1.67. The Morgan fingerprint density at radius 2 is 2.06 bits per heavy atom. The Morgan fingerprint density at radius 1 is 1.39 bits per heavy atom. The summed E-state index contributed by atoms with van der Waals surface area (Å²) in [5, 5.41) is 9.27. The number of hydrogen-bond acceptors (Lipinski definition) is 3. The Balaban J connectivity index is 2.79. The van der Waals surface area contributed by atoms with Gasteiger partial charge in [0.25, 0.3) is 5.91 Å². The molecule has 0 bridgehead atoms. The third-order valence-corrected chi connectivity index (χ3v) is 2.34. The van der Waals surface area contributed by atoms with Gasteiger partial charge in [0.1, 0.15) is 5.75 Å². The number of aliphatic hydroxyl groups is 1. The van der Waals surface area contributed by atoms with Crippen LogP contribution in [-0.4, -0.2) is 41.7 Å². The number of benzene rings is 1. The molecule has 0 saturated carbocycles. The van der Waals surface area contributed by atoms with Crippen molar-refractivity contribution in [1.82, 2.24) is 4.90 Å². The van der Waals surface area contributed by atoms with Gasteiger partial charge in [-0.2, -0.15) is 0 Å². The first-order valence-electron chi connectivity index (χ1n) is 6.10. The molecule has 1 aromatic carbocycles. The number of rotatable bonds is 5. The molecular formula is C14H21NO3. The Kier molecular flexibility index (Phi) is 5.16. The van der Waals surface area contributed by atoms with Gasteiger partial charge in [0.15, 0.2) is 0 Å². The van der Waals surface area contributed by atoms with Crippen molar-refractivity contribution in [1.29, 1.82) is 0 Å². The lowest BCUT2D eigenvalue weighted by atomic mass is 10.2. The van der Waals surface area contributed by atoms with Crippen molar-refractivity contribution < 1.29 is 14.6 Å². The molecular weight excluding hydrogens is 230 g/mol. The van der Waals surface area contributed by atoms with Crippen LogP contribution in [0.2, 0.25) is 0 Å². The van der Waals surface area contributed by atoms with Crippen LogP contribution in [0.5, 0.6) is 5.75 Å². The van der Waals surface area contributed by atoms with E-state index in [4.69, 9.17) is 4.74 Å². The number of carbonyl (C=O) groups excluding carboxylic acids is 1. The van der Waals surface area contributed by atoms with Gasteiger partial charge in [0.05, 0.1) is 12.2 Å². The van der Waals surface area contributed by atoms with Gasteiger partial charge in [-0.1, -0.05) is 6.07 Å². The highest BCUT2D eigenvalue weighted by Gasteiger charge is 2.14. The normalized spacial score (nSPS) is 12.3. The van der Waals surface area contributed by atoms with Crippen LogP contribution < -0.4 is 4.74 Å². The minimum absolute atomic E-state index is 0.0746. The zero-order valence-corrected chi connectivity index (χ0v) is 11.4. The van der Waals surface area contributed by atoms with Gasteiger partial charge in [0.2, 0.25) is 0 Å². The standard InChI is InChI=1S/C14H21NO3/c1-10(2)18-13-7-5-6-12(8-13)14(17)15(4)9-11(3)16/h5-8,10-11,16H,9H2,1-4H3. The summed E-state index contributed by atoms with van der Waals surface area (Å²) < 4.78 is 5.55. The highest BCUT2D eigenvalue weighted by Crippen LogP contribution is 2.16. The lowest BCUT2D eigenvalue weighted by molar-refractivity contribution is 0.0703. The van der Waals surface area contributed by atoms with Crippen LogP contribution in [0, 0.1) is 0 Å². The average Bonchev–Trinajstić information content (AvgIpc) is 2.26. The van der Waals surface area contributed by atoms with Crippen LogP contribution in [0.3, 0.4) is 0 Å². The van der Waals surface area contributed by atoms with Crippen LogP contribution in [0.4, 0.5) is 0 Å². The van der Waals surface area contributed by atoms with Crippen molar-refractivity contribution in [2.75, 3.05) is 13.6 Å². The number of amides is 1. The highest BCUT2D eigenvalue weighted by molar-refractivity contribution is 5.94. The molecule has 1 unspecified atom stereocenters. The van der Waals surface area contributed by atoms with Crippen molar-refractivity contribution in [2.24, 2.45) is 0 Å². The smallest absolute Gasteiger partial charge is 0.253 e. The molecule has 1 atom stereocenters. The molecule has 0 aliphatic rings. The summed E-state index contributed by atoms with van der Waals surface area (Å²) in [6.07, 6.45) is -0.459. The third kappa shape index (κ3) is 4.37. The number of hydrogen-bond donors (Lipinski definition) is 1. The molecule has 1 amide bonds. The predicted octanol–water partition coefficient (Wildman–Crippen LogP) is 1.93. The SMILES string of the molecule is CC(O)CN(C)C(=O)c1cccc(OC(C)C)c1. The molecule has 100 valence electrons. The Hall–Kier alpha value is -1.55. The monoisotopic (exact) mass is 251 g/mol. The first-order valence-corrected chi connectivity index (χ1v) is 6.10. The van der Waals surface area contributed by atoms with E-state index >= 15 is 0 Å². The first-order chi connectivity index (χ1) is 8.40. The fourth-order valence-electron chi connectivity index (χ4n) is 1.67. The summed E-state index contributed by atoms with van der Waals surface area (Å²) in [5.41, 5.74) is 0.566. The van der Waals surface area contributed by atoms with Crippen LogP contribution in [-0.2, 0) is 0 Å². The molecule has 0 aliphatic carbocycles. The van der Waals surface area contributed by atoms with Gasteiger partial charge in [-0.25, -0.2) is 0 Å². The maximum absolute atomic E-state index is 12.1. The summed E-state index contributed by atoms with van der Waals surface area (Å²) in [7, 11) is 1.67. The Morgan fingerprint density at radius 3 is 2.61 bits per heavy atom. The molecule has 0 radical (unpaired) electrons. The van der Waals surface area contributed by atoms with E-state index in [-0.39, 0.29) is 12.0 Å². The quantitative estimate of drug-likeness (QED) is 0.870. The van der Waals surface area contributed by atoms with E-state index in [0.29, 0.717) is 17.9 Å². The van der Waals surface area contributed by atoms with Gasteiger partial charge in [-0.3, -0.25) is 4.79 Å². The second-order valence-corrected chi connectivity index (χ2v) is 4.73. The second kappa shape index (κ2) is 6.40. The number of ether oxygens (including phenoxy) is 1. The summed E-state index contributed by atoms with van der Waals surface area (Å²) >= 11 is 0. The lowest BCUT2D eigenvalue weighted by Gasteiger charge is -2.19. The number of likely N-dealkylation sites (N-methyl/N-ethyl adjacent to an activating group) is 1. The largest absolute Gasteiger partial charge is 0.491 e. The Labute approximate surface area is 108 Å². The van der Waals surface area contributed by atoms with Gasteiger partial charge in [-0.15, -0.1) is 0 Å². The molecule has 4 nitrogen and oxygen atoms in total. The molecule has 1 rings (SSSR count). The van der Waals surface area contributed by atoms with Crippen LogP contribution in [0.25, 0.3) is 0 Å². The van der Waals surface area contributed by atoms with Gasteiger partial charge in [-0.05, 0) is 39.0 Å². The fraction of sp³-hybridized carbons (Fsp3) is 0.500. The minimum atomic E-state index is -0.533. The zero-order chi connectivity index (χ0) is 13.7. The van der Waals surface area contributed by atoms with Gasteiger partial charge >= 0.3 is 0 Å². The van der Waals surface area contributed by atoms with E-state index in [0.717, 1.165) is 0 Å². The van der Waals surface area contributed by atoms with Crippen molar-refractivity contribution in [2.45, 2.75) is 33.0 Å². The molecule has 4 heteroatoms. The molecule has 0 aliphatic heterocycles. The average molecular weight is 251 g/mol. The number of nitrogens with zero attached hydrogens (tertiary/aromatic N) is 1. The summed E-state index contributed by atoms with van der Waals surface area (Å²) in [5.74, 6) is 0.561. The second-order valence-electron chi connectivity index (χ2n) is 4.73. The molecule has 0 spiro atoms. The van der Waals surface area contributed by atoms with Crippen LogP contribution in [0.1, 0.15) is 31.1 Å². The molecule has 1 aromatic rings. The van der Waals surface area contributed by atoms with E-state index < -0.39 is 6.10 Å². The highest BCUT2D eigenvalue weighted by atomic mass is 16.5. The predicted molar refractivity (Wildman–Crippen MR) is 70.8 cm³/mol. The van der Waals surface area contributed by atoms with E-state index in [1.165, 1.54) is 4.90 Å². The van der Waals surface area contributed by atoms with E-state index in [1.807, 2.05) is 19.9 Å². The maximum Gasteiger partial charge on any atom is 0.253 e. The lowest BCUT2D eigenvalue weighted by Crippen LogP contribution is -2.33. The summed E-state index contributed by atoms with van der Waals surface area (Å²) in [6.45, 7) is 5.85. The topological polar surface area (TPSA) is 49.8 Å². The molecule has 0 fully saturated rings. The van der Waals surface area contributed by atoms with Crippen molar-refractivity contribution in [3.8, 4) is 5.75 Å². The van der Waals surface area contributed by atoms with Gasteiger partial charge in [0, 0.05) is 19.2 Å². The van der Waals surface area contributed by atoms with Crippen molar-refractivity contribution in [3.05, 3.63) is 29.8 Å².